The Morgan fingerprint density at radius 2 is 2.09 bits per heavy atom. The first-order valence-corrected chi connectivity index (χ1v) is 7.83. The number of nitrogens with zero attached hydrogens (tertiary/aromatic N) is 1. The molecule has 0 aliphatic carbocycles. The van der Waals surface area contributed by atoms with E-state index in [9.17, 15) is 14.4 Å². The van der Waals surface area contributed by atoms with Gasteiger partial charge in [0.25, 0.3) is 5.56 Å². The fraction of sp³-hybridized carbons (Fsp3) is 0.200. The Hall–Kier alpha value is -2.61. The molecule has 0 unspecified atom stereocenters. The van der Waals surface area contributed by atoms with E-state index < -0.39 is 5.97 Å². The van der Waals surface area contributed by atoms with Gasteiger partial charge in [-0.1, -0.05) is 30.8 Å². The number of carbonyl (C=O) groups is 2. The number of anilines is 1. The number of benzene rings is 1. The molecule has 0 saturated carbocycles. The predicted octanol–water partition coefficient (Wildman–Crippen LogP) is 1.76. The summed E-state index contributed by atoms with van der Waals surface area (Å²) in [5, 5.41) is 12.0. The van der Waals surface area contributed by atoms with Gasteiger partial charge in [-0.05, 0) is 18.6 Å². The van der Waals surface area contributed by atoms with Crippen LogP contribution in [-0.2, 0) is 11.2 Å². The van der Waals surface area contributed by atoms with Gasteiger partial charge in [0, 0.05) is 11.8 Å². The Balaban J connectivity index is 2.02. The Morgan fingerprint density at radius 1 is 1.35 bits per heavy atom. The van der Waals surface area contributed by atoms with E-state index in [1.807, 2.05) is 6.92 Å². The van der Waals surface area contributed by atoms with E-state index in [1.165, 1.54) is 18.2 Å². The van der Waals surface area contributed by atoms with Crippen LogP contribution in [0.15, 0.2) is 40.3 Å². The van der Waals surface area contributed by atoms with Crippen LogP contribution >= 0.6 is 11.8 Å². The lowest BCUT2D eigenvalue weighted by atomic mass is 10.2. The maximum atomic E-state index is 12.0. The Kier molecular flexibility index (Phi) is 5.53. The molecule has 120 valence electrons. The average Bonchev–Trinajstić information content (AvgIpc) is 2.52. The monoisotopic (exact) mass is 333 g/mol. The quantitative estimate of drug-likeness (QED) is 0.548. The molecule has 0 saturated heterocycles. The molecule has 0 aliphatic rings. The highest BCUT2D eigenvalue weighted by Gasteiger charge is 2.12. The van der Waals surface area contributed by atoms with Crippen molar-refractivity contribution in [2.75, 3.05) is 11.1 Å². The molecule has 7 nitrogen and oxygen atoms in total. The number of carboxylic acids is 1. The van der Waals surface area contributed by atoms with E-state index >= 15 is 0 Å². The molecule has 1 heterocycles. The van der Waals surface area contributed by atoms with Gasteiger partial charge in [-0.15, -0.1) is 0 Å². The van der Waals surface area contributed by atoms with Crippen LogP contribution < -0.4 is 10.9 Å². The summed E-state index contributed by atoms with van der Waals surface area (Å²) in [7, 11) is 0. The van der Waals surface area contributed by atoms with Crippen LogP contribution in [0.1, 0.15) is 23.0 Å². The fourth-order valence-electron chi connectivity index (χ4n) is 1.83. The number of aromatic carboxylic acids is 1. The molecule has 0 aliphatic heterocycles. The lowest BCUT2D eigenvalue weighted by molar-refractivity contribution is -0.113. The van der Waals surface area contributed by atoms with Crippen molar-refractivity contribution in [2.45, 2.75) is 18.5 Å². The van der Waals surface area contributed by atoms with E-state index in [1.54, 1.807) is 12.1 Å². The van der Waals surface area contributed by atoms with E-state index in [4.69, 9.17) is 5.11 Å². The summed E-state index contributed by atoms with van der Waals surface area (Å²) in [5.74, 6) is -1.49. The van der Waals surface area contributed by atoms with E-state index in [0.29, 0.717) is 17.3 Å². The number of thioether (sulfide) groups is 1. The van der Waals surface area contributed by atoms with Crippen molar-refractivity contribution in [1.82, 2.24) is 9.97 Å². The summed E-state index contributed by atoms with van der Waals surface area (Å²) in [6.07, 6.45) is 0.621. The zero-order chi connectivity index (χ0) is 16.8. The minimum Gasteiger partial charge on any atom is -0.478 e. The molecule has 1 aromatic carbocycles. The molecular formula is C15H15N3O4S. The number of aryl methyl sites for hydroxylation is 1. The first-order valence-electron chi connectivity index (χ1n) is 6.84. The molecule has 0 fully saturated rings. The molecule has 0 spiro atoms. The number of rotatable bonds is 6. The van der Waals surface area contributed by atoms with Gasteiger partial charge in [-0.2, -0.15) is 0 Å². The number of carboxylic acid groups (broad SMARTS) is 1. The van der Waals surface area contributed by atoms with Gasteiger partial charge >= 0.3 is 5.97 Å². The van der Waals surface area contributed by atoms with Gasteiger partial charge < -0.3 is 15.4 Å². The van der Waals surface area contributed by atoms with Gasteiger partial charge in [-0.25, -0.2) is 9.78 Å². The van der Waals surface area contributed by atoms with Crippen LogP contribution in [0.2, 0.25) is 0 Å². The molecule has 1 amide bonds. The summed E-state index contributed by atoms with van der Waals surface area (Å²) in [4.78, 5) is 41.3. The Bertz CT molecular complexity index is 788. The van der Waals surface area contributed by atoms with Gasteiger partial charge in [-0.3, -0.25) is 9.59 Å². The van der Waals surface area contributed by atoms with Gasteiger partial charge in [0.1, 0.15) is 0 Å². The largest absolute Gasteiger partial charge is 0.478 e. The molecule has 23 heavy (non-hydrogen) atoms. The zero-order valence-corrected chi connectivity index (χ0v) is 13.1. The topological polar surface area (TPSA) is 112 Å². The second kappa shape index (κ2) is 7.59. The summed E-state index contributed by atoms with van der Waals surface area (Å²) in [5.41, 5.74) is 0.628. The van der Waals surface area contributed by atoms with Crippen LogP contribution in [0.5, 0.6) is 0 Å². The van der Waals surface area contributed by atoms with E-state index in [2.05, 4.69) is 15.3 Å². The van der Waals surface area contributed by atoms with Gasteiger partial charge in [0.2, 0.25) is 5.91 Å². The standard InChI is InChI=1S/C15H15N3O4S/c1-2-9-7-12(19)18-15(16-9)23-8-13(20)17-11-6-4-3-5-10(11)14(21)22/h3-7H,2,8H2,1H3,(H,17,20)(H,21,22)(H,16,18,19). The first-order chi connectivity index (χ1) is 11.0. The van der Waals surface area contributed by atoms with Gasteiger partial charge in [0.05, 0.1) is 17.0 Å². The number of amides is 1. The van der Waals surface area contributed by atoms with Crippen molar-refractivity contribution < 1.29 is 14.7 Å². The second-order valence-corrected chi connectivity index (χ2v) is 5.55. The average molecular weight is 333 g/mol. The summed E-state index contributed by atoms with van der Waals surface area (Å²) in [6.45, 7) is 1.88. The molecule has 0 bridgehead atoms. The minimum absolute atomic E-state index is 0.00403. The molecule has 2 aromatic rings. The molecule has 2 rings (SSSR count). The van der Waals surface area contributed by atoms with Crippen LogP contribution in [-0.4, -0.2) is 32.7 Å². The number of hydrogen-bond acceptors (Lipinski definition) is 5. The highest BCUT2D eigenvalue weighted by molar-refractivity contribution is 7.99. The highest BCUT2D eigenvalue weighted by atomic mass is 32.2. The number of nitrogens with one attached hydrogen (secondary N) is 2. The normalized spacial score (nSPS) is 10.3. The number of aromatic amines is 1. The Morgan fingerprint density at radius 3 is 2.78 bits per heavy atom. The molecule has 0 radical (unpaired) electrons. The molecule has 1 aromatic heterocycles. The number of hydrogen-bond donors (Lipinski definition) is 3. The van der Waals surface area contributed by atoms with Crippen molar-refractivity contribution in [2.24, 2.45) is 0 Å². The molecular weight excluding hydrogens is 318 g/mol. The van der Waals surface area contributed by atoms with Crippen LogP contribution in [0, 0.1) is 0 Å². The summed E-state index contributed by atoms with van der Waals surface area (Å²) < 4.78 is 0. The Labute approximate surface area is 136 Å². The molecule has 8 heteroatoms. The van der Waals surface area contributed by atoms with Crippen molar-refractivity contribution in [3.8, 4) is 0 Å². The lowest BCUT2D eigenvalue weighted by Crippen LogP contribution is -2.17. The smallest absolute Gasteiger partial charge is 0.337 e. The van der Waals surface area contributed by atoms with Crippen molar-refractivity contribution in [3.63, 3.8) is 0 Å². The SMILES string of the molecule is CCc1cc(=O)[nH]c(SCC(=O)Nc2ccccc2C(=O)O)n1. The fourth-order valence-corrected chi connectivity index (χ4v) is 2.53. The maximum absolute atomic E-state index is 12.0. The number of para-hydroxylation sites is 1. The summed E-state index contributed by atoms with van der Waals surface area (Å²) in [6, 6.07) is 7.56. The van der Waals surface area contributed by atoms with Crippen molar-refractivity contribution in [1.29, 1.82) is 0 Å². The highest BCUT2D eigenvalue weighted by Crippen LogP contribution is 2.17. The predicted molar refractivity (Wildman–Crippen MR) is 87.0 cm³/mol. The van der Waals surface area contributed by atoms with E-state index in [0.717, 1.165) is 11.8 Å². The summed E-state index contributed by atoms with van der Waals surface area (Å²) >= 11 is 1.08. The number of aromatic nitrogens is 2. The van der Waals surface area contributed by atoms with Gasteiger partial charge in [0.15, 0.2) is 5.16 Å². The minimum atomic E-state index is -1.12. The van der Waals surface area contributed by atoms with E-state index in [-0.39, 0.29) is 28.5 Å². The zero-order valence-electron chi connectivity index (χ0n) is 12.3. The first kappa shape index (κ1) is 16.8. The number of carbonyl (C=O) groups excluding carboxylic acids is 1. The number of H-pyrrole nitrogens is 1. The van der Waals surface area contributed by atoms with Crippen molar-refractivity contribution in [3.05, 3.63) is 51.9 Å². The maximum Gasteiger partial charge on any atom is 0.337 e. The van der Waals surface area contributed by atoms with Crippen LogP contribution in [0.3, 0.4) is 0 Å². The molecule has 0 atom stereocenters. The third-order valence-corrected chi connectivity index (χ3v) is 3.78. The second-order valence-electron chi connectivity index (χ2n) is 4.58. The van der Waals surface area contributed by atoms with Crippen LogP contribution in [0.4, 0.5) is 5.69 Å². The third kappa shape index (κ3) is 4.68. The molecule has 3 N–H and O–H groups in total. The third-order valence-electron chi connectivity index (χ3n) is 2.91. The van der Waals surface area contributed by atoms with Crippen molar-refractivity contribution >= 4 is 29.3 Å². The van der Waals surface area contributed by atoms with Crippen LogP contribution in [0.25, 0.3) is 0 Å². The lowest BCUT2D eigenvalue weighted by Gasteiger charge is -2.08.